The molecule has 0 heterocycles. The number of hydrogen-bond donors (Lipinski definition) is 0. The van der Waals surface area contributed by atoms with E-state index in [2.05, 4.69) is 163 Å². The van der Waals surface area contributed by atoms with Crippen molar-refractivity contribution in [2.75, 3.05) is 0 Å². The molecule has 0 radical (unpaired) electrons. The monoisotopic (exact) mass is 602 g/mol. The van der Waals surface area contributed by atoms with Crippen molar-refractivity contribution < 1.29 is 0 Å². The van der Waals surface area contributed by atoms with Gasteiger partial charge in [0.05, 0.1) is 12.1 Å². The summed E-state index contributed by atoms with van der Waals surface area (Å²) in [4.78, 5) is 5.37. The van der Waals surface area contributed by atoms with E-state index >= 15 is 0 Å². The molecule has 1 aromatic carbocycles. The summed E-state index contributed by atoms with van der Waals surface area (Å²) in [5.41, 5.74) is 7.12. The van der Waals surface area contributed by atoms with Crippen LogP contribution in [0.3, 0.4) is 0 Å². The second kappa shape index (κ2) is 12.5. The van der Waals surface area contributed by atoms with Crippen molar-refractivity contribution in [3.63, 3.8) is 0 Å². The van der Waals surface area contributed by atoms with E-state index < -0.39 is 0 Å². The molecule has 0 spiro atoms. The normalized spacial score (nSPS) is 32.0. The average molecular weight is 603 g/mol. The second-order valence-electron chi connectivity index (χ2n) is 14.1. The van der Waals surface area contributed by atoms with Gasteiger partial charge in [0.1, 0.15) is 0 Å². The largest absolute Gasteiger partial charge is 0.338 e. The summed E-state index contributed by atoms with van der Waals surface area (Å²) in [6.45, 7) is 4.64. The smallest absolute Gasteiger partial charge is 0.0556 e. The van der Waals surface area contributed by atoms with Crippen LogP contribution in [0.5, 0.6) is 0 Å². The first kappa shape index (κ1) is 29.1. The molecule has 1 aromatic rings. The van der Waals surface area contributed by atoms with E-state index in [1.165, 1.54) is 38.8 Å². The highest BCUT2D eigenvalue weighted by molar-refractivity contribution is 5.71. The van der Waals surface area contributed by atoms with Crippen LogP contribution in [0.1, 0.15) is 46.0 Å². The lowest BCUT2D eigenvalue weighted by molar-refractivity contribution is 0.280. The standard InChI is InChI=1S/C44H46N2/c1-31-21-25-35(26-22-31)45(33-13-5-3-6-14-33)43-29-41-38-18-10-12-20-40(38)44(30-42(41)37-17-9-11-19-39(37)43)46(34-15-7-4-8-16-34)36-27-23-32(2)24-28-36/h3-13,15,17-21,23,25-29,31-34,37,39,42H,14,16,22,24,30H2,1-2H3. The third-order valence-electron chi connectivity index (χ3n) is 10.9. The molecule has 232 valence electrons. The van der Waals surface area contributed by atoms with Crippen LogP contribution in [-0.4, -0.2) is 21.9 Å². The van der Waals surface area contributed by atoms with Crippen LogP contribution in [0.15, 0.2) is 157 Å². The highest BCUT2D eigenvalue weighted by atomic mass is 15.2. The van der Waals surface area contributed by atoms with Crippen LogP contribution in [0.2, 0.25) is 0 Å². The molecule has 2 nitrogen and oxygen atoms in total. The summed E-state index contributed by atoms with van der Waals surface area (Å²) >= 11 is 0. The van der Waals surface area contributed by atoms with Gasteiger partial charge in [-0.15, -0.1) is 0 Å². The van der Waals surface area contributed by atoms with Crippen molar-refractivity contribution in [3.8, 4) is 0 Å². The molecular formula is C44H46N2. The van der Waals surface area contributed by atoms with Crippen LogP contribution in [0.4, 0.5) is 0 Å². The fourth-order valence-corrected chi connectivity index (χ4v) is 8.55. The molecule has 46 heavy (non-hydrogen) atoms. The van der Waals surface area contributed by atoms with Crippen molar-refractivity contribution in [1.29, 1.82) is 0 Å². The van der Waals surface area contributed by atoms with Crippen molar-refractivity contribution in [1.82, 2.24) is 9.80 Å². The lowest BCUT2D eigenvalue weighted by Crippen LogP contribution is -2.47. The van der Waals surface area contributed by atoms with Crippen molar-refractivity contribution in [3.05, 3.63) is 167 Å². The van der Waals surface area contributed by atoms with E-state index in [9.17, 15) is 0 Å². The van der Waals surface area contributed by atoms with E-state index in [-0.39, 0.29) is 0 Å². The molecule has 0 aliphatic heterocycles. The zero-order valence-electron chi connectivity index (χ0n) is 27.3. The van der Waals surface area contributed by atoms with E-state index in [4.69, 9.17) is 0 Å². The Kier molecular flexibility index (Phi) is 7.90. The van der Waals surface area contributed by atoms with Gasteiger partial charge in [0.25, 0.3) is 0 Å². The van der Waals surface area contributed by atoms with E-state index in [0.717, 1.165) is 32.1 Å². The molecule has 8 rings (SSSR count). The number of benzene rings is 1. The van der Waals surface area contributed by atoms with Gasteiger partial charge in [-0.2, -0.15) is 0 Å². The van der Waals surface area contributed by atoms with Gasteiger partial charge in [0, 0.05) is 33.9 Å². The summed E-state index contributed by atoms with van der Waals surface area (Å²) in [6.07, 6.45) is 50.3. The van der Waals surface area contributed by atoms with Crippen molar-refractivity contribution >= 4 is 11.3 Å². The lowest BCUT2D eigenvalue weighted by atomic mass is 9.66. The average Bonchev–Trinajstić information content (AvgIpc) is 3.11. The Bertz CT molecular complexity index is 1850. The molecule has 0 amide bonds. The van der Waals surface area contributed by atoms with Gasteiger partial charge in [-0.05, 0) is 84.8 Å². The van der Waals surface area contributed by atoms with Crippen LogP contribution in [0.25, 0.3) is 11.3 Å². The first-order chi connectivity index (χ1) is 22.7. The summed E-state index contributed by atoms with van der Waals surface area (Å²) in [7, 11) is 0. The van der Waals surface area contributed by atoms with Crippen LogP contribution in [0, 0.1) is 29.6 Å². The molecule has 2 heteroatoms. The lowest BCUT2D eigenvalue weighted by Gasteiger charge is -2.47. The summed E-state index contributed by atoms with van der Waals surface area (Å²) in [5, 5.41) is 2.80. The minimum atomic E-state index is 0.313. The third kappa shape index (κ3) is 5.32. The van der Waals surface area contributed by atoms with Gasteiger partial charge < -0.3 is 9.80 Å². The van der Waals surface area contributed by atoms with Crippen LogP contribution < -0.4 is 10.4 Å². The zero-order chi connectivity index (χ0) is 31.0. The molecule has 0 bridgehead atoms. The number of fused-ring (bicyclic) bond motifs is 4. The molecule has 0 saturated carbocycles. The molecule has 7 unspecified atom stereocenters. The van der Waals surface area contributed by atoms with E-state index in [1.807, 2.05) is 0 Å². The highest BCUT2D eigenvalue weighted by Gasteiger charge is 2.42. The van der Waals surface area contributed by atoms with Crippen LogP contribution >= 0.6 is 0 Å². The maximum atomic E-state index is 2.69. The summed E-state index contributed by atoms with van der Waals surface area (Å²) in [5.74, 6) is 2.33. The maximum Gasteiger partial charge on any atom is 0.0556 e. The SMILES string of the molecule is CC1C=CC(N(C2=CC3=c4ccccc4=C(N(C4=CCC(C)C=C4)C4C=CC=CC4)CC3C3C=CC=CC23)C2C=CC=CC2)=CC1. The zero-order valence-corrected chi connectivity index (χ0v) is 27.3. The fraction of sp³-hybridized carbons (Fsp3) is 0.318. The summed E-state index contributed by atoms with van der Waals surface area (Å²) in [6, 6.07) is 9.90. The van der Waals surface area contributed by atoms with Gasteiger partial charge in [-0.25, -0.2) is 0 Å². The fourth-order valence-electron chi connectivity index (χ4n) is 8.55. The predicted octanol–water partition coefficient (Wildman–Crippen LogP) is 8.55. The third-order valence-corrected chi connectivity index (χ3v) is 10.9. The highest BCUT2D eigenvalue weighted by Crippen LogP contribution is 2.49. The molecule has 7 aliphatic carbocycles. The molecule has 0 aromatic heterocycles. The number of nitrogens with zero attached hydrogens (tertiary/aromatic N) is 2. The Morgan fingerprint density at radius 3 is 1.85 bits per heavy atom. The molecule has 7 aliphatic rings. The molecule has 0 saturated heterocycles. The predicted molar refractivity (Wildman–Crippen MR) is 193 cm³/mol. The van der Waals surface area contributed by atoms with Gasteiger partial charge in [0.2, 0.25) is 0 Å². The van der Waals surface area contributed by atoms with E-state index in [0.29, 0.717) is 41.7 Å². The van der Waals surface area contributed by atoms with Gasteiger partial charge in [-0.3, -0.25) is 0 Å². The minimum Gasteiger partial charge on any atom is -0.338 e. The first-order valence-corrected chi connectivity index (χ1v) is 17.6. The number of rotatable bonds is 6. The molecule has 0 fully saturated rings. The Morgan fingerprint density at radius 2 is 1.22 bits per heavy atom. The Balaban J connectivity index is 1.34. The van der Waals surface area contributed by atoms with Gasteiger partial charge >= 0.3 is 0 Å². The molecule has 0 N–H and O–H groups in total. The number of allylic oxidation sites excluding steroid dienone is 15. The first-order valence-electron chi connectivity index (χ1n) is 17.6. The second-order valence-corrected chi connectivity index (χ2v) is 14.1. The van der Waals surface area contributed by atoms with Gasteiger partial charge in [0.15, 0.2) is 0 Å². The summed E-state index contributed by atoms with van der Waals surface area (Å²) < 4.78 is 0. The quantitative estimate of drug-likeness (QED) is 0.322. The Labute approximate surface area is 275 Å². The minimum absolute atomic E-state index is 0.313. The Hall–Kier alpha value is -4.30. The Morgan fingerprint density at radius 1 is 0.609 bits per heavy atom. The van der Waals surface area contributed by atoms with Crippen molar-refractivity contribution in [2.24, 2.45) is 29.6 Å². The van der Waals surface area contributed by atoms with Gasteiger partial charge in [-0.1, -0.05) is 135 Å². The number of hydrogen-bond acceptors (Lipinski definition) is 2. The van der Waals surface area contributed by atoms with E-state index in [1.54, 1.807) is 0 Å². The maximum absolute atomic E-state index is 2.69. The van der Waals surface area contributed by atoms with Crippen molar-refractivity contribution in [2.45, 2.75) is 58.0 Å². The topological polar surface area (TPSA) is 6.48 Å². The van der Waals surface area contributed by atoms with Crippen LogP contribution in [-0.2, 0) is 0 Å². The molecular weight excluding hydrogens is 556 g/mol. The molecule has 7 atom stereocenters.